The van der Waals surface area contributed by atoms with Crippen LogP contribution < -0.4 is 5.32 Å². The molecular formula is C16H28N2O3. The zero-order valence-corrected chi connectivity index (χ0v) is 13.3. The summed E-state index contributed by atoms with van der Waals surface area (Å²) < 4.78 is 5.90. The van der Waals surface area contributed by atoms with Crippen molar-refractivity contribution in [2.45, 2.75) is 70.4 Å². The third-order valence-electron chi connectivity index (χ3n) is 4.76. The van der Waals surface area contributed by atoms with Gasteiger partial charge in [0.2, 0.25) is 11.8 Å². The van der Waals surface area contributed by atoms with Crippen molar-refractivity contribution in [2.75, 3.05) is 19.7 Å². The quantitative estimate of drug-likeness (QED) is 0.842. The summed E-state index contributed by atoms with van der Waals surface area (Å²) in [7, 11) is 0. The highest BCUT2D eigenvalue weighted by molar-refractivity contribution is 5.93. The summed E-state index contributed by atoms with van der Waals surface area (Å²) in [5.74, 6) is -0.0218. The lowest BCUT2D eigenvalue weighted by Gasteiger charge is -2.31. The van der Waals surface area contributed by atoms with Crippen molar-refractivity contribution in [3.8, 4) is 0 Å². The van der Waals surface area contributed by atoms with Crippen molar-refractivity contribution < 1.29 is 14.3 Å². The summed E-state index contributed by atoms with van der Waals surface area (Å²) in [6, 6.07) is 0. The van der Waals surface area contributed by atoms with Gasteiger partial charge in [0.15, 0.2) is 0 Å². The maximum absolute atomic E-state index is 12.6. The van der Waals surface area contributed by atoms with E-state index in [1.54, 1.807) is 4.90 Å². The lowest BCUT2D eigenvalue weighted by Crippen LogP contribution is -2.55. The number of amides is 2. The first-order valence-corrected chi connectivity index (χ1v) is 8.27. The first-order valence-electron chi connectivity index (χ1n) is 8.27. The summed E-state index contributed by atoms with van der Waals surface area (Å²) >= 11 is 0. The number of ether oxygens (including phenoxy) is 1. The highest BCUT2D eigenvalue weighted by Gasteiger charge is 2.38. The molecule has 5 nitrogen and oxygen atoms in total. The average molecular weight is 296 g/mol. The highest BCUT2D eigenvalue weighted by Crippen LogP contribution is 2.21. The van der Waals surface area contributed by atoms with E-state index >= 15 is 0 Å². The van der Waals surface area contributed by atoms with Crippen LogP contribution in [0.1, 0.15) is 58.8 Å². The molecule has 1 atom stereocenters. The summed E-state index contributed by atoms with van der Waals surface area (Å²) in [6.07, 6.45) is 7.44. The molecule has 1 saturated heterocycles. The second-order valence-corrected chi connectivity index (χ2v) is 6.41. The molecule has 2 amide bonds. The van der Waals surface area contributed by atoms with Crippen LogP contribution in [-0.4, -0.2) is 48.1 Å². The number of nitrogens with zero attached hydrogens (tertiary/aromatic N) is 1. The van der Waals surface area contributed by atoms with Gasteiger partial charge in [0.25, 0.3) is 0 Å². The molecule has 2 fully saturated rings. The zero-order valence-electron chi connectivity index (χ0n) is 13.3. The molecule has 0 aromatic rings. The van der Waals surface area contributed by atoms with E-state index < -0.39 is 5.54 Å². The first-order chi connectivity index (χ1) is 10.0. The lowest BCUT2D eigenvalue weighted by molar-refractivity contribution is -0.139. The topological polar surface area (TPSA) is 58.6 Å². The average Bonchev–Trinajstić information content (AvgIpc) is 2.60. The van der Waals surface area contributed by atoms with Gasteiger partial charge in [0.1, 0.15) is 5.54 Å². The van der Waals surface area contributed by atoms with Crippen molar-refractivity contribution in [1.29, 1.82) is 0 Å². The van der Waals surface area contributed by atoms with Gasteiger partial charge in [-0.05, 0) is 26.2 Å². The Labute approximate surface area is 127 Å². The number of rotatable bonds is 5. The first kappa shape index (κ1) is 16.3. The van der Waals surface area contributed by atoms with Crippen LogP contribution >= 0.6 is 0 Å². The molecule has 0 radical (unpaired) electrons. The predicted molar refractivity (Wildman–Crippen MR) is 80.9 cm³/mol. The Morgan fingerprint density at radius 3 is 2.67 bits per heavy atom. The van der Waals surface area contributed by atoms with Gasteiger partial charge in [-0.3, -0.25) is 9.59 Å². The molecule has 0 aromatic carbocycles. The number of hydrogen-bond donors (Lipinski definition) is 1. The van der Waals surface area contributed by atoms with E-state index in [2.05, 4.69) is 5.32 Å². The van der Waals surface area contributed by atoms with Crippen LogP contribution in [0.3, 0.4) is 0 Å². The molecule has 0 bridgehead atoms. The molecule has 1 aliphatic carbocycles. The fourth-order valence-corrected chi connectivity index (χ4v) is 3.13. The van der Waals surface area contributed by atoms with E-state index in [0.717, 1.165) is 12.8 Å². The maximum Gasteiger partial charge on any atom is 0.248 e. The minimum Gasteiger partial charge on any atom is -0.376 e. The van der Waals surface area contributed by atoms with Gasteiger partial charge in [0, 0.05) is 19.5 Å². The standard InChI is InChI=1S/C16H28N2O3/c1-3-16(2)15(20)18(10-9-14(19)17-16)11-12-21-13-7-5-4-6-8-13/h13H,3-12H2,1-2H3,(H,17,19). The Bertz CT molecular complexity index is 380. The lowest BCUT2D eigenvalue weighted by atomic mass is 9.97. The fraction of sp³-hybridized carbons (Fsp3) is 0.875. The van der Waals surface area contributed by atoms with E-state index in [0.29, 0.717) is 38.6 Å². The van der Waals surface area contributed by atoms with Crippen molar-refractivity contribution in [3.63, 3.8) is 0 Å². The predicted octanol–water partition coefficient (Wildman–Crippen LogP) is 1.85. The van der Waals surface area contributed by atoms with Gasteiger partial charge < -0.3 is 15.0 Å². The number of nitrogens with one attached hydrogen (secondary N) is 1. The molecule has 0 spiro atoms. The summed E-state index contributed by atoms with van der Waals surface area (Å²) in [5.41, 5.74) is -0.765. The molecule has 1 saturated carbocycles. The minimum atomic E-state index is -0.765. The van der Waals surface area contributed by atoms with Crippen LogP contribution in [0, 0.1) is 0 Å². The normalized spacial score (nSPS) is 28.4. The van der Waals surface area contributed by atoms with Crippen LogP contribution in [0.5, 0.6) is 0 Å². The molecule has 2 rings (SSSR count). The molecule has 1 heterocycles. The van der Waals surface area contributed by atoms with Gasteiger partial charge in [-0.1, -0.05) is 26.2 Å². The number of carbonyl (C=O) groups is 2. The van der Waals surface area contributed by atoms with Gasteiger partial charge in [0.05, 0.1) is 12.7 Å². The van der Waals surface area contributed by atoms with Crippen LogP contribution in [0.2, 0.25) is 0 Å². The monoisotopic (exact) mass is 296 g/mol. The van der Waals surface area contributed by atoms with Crippen molar-refractivity contribution >= 4 is 11.8 Å². The van der Waals surface area contributed by atoms with Crippen molar-refractivity contribution in [3.05, 3.63) is 0 Å². The van der Waals surface area contributed by atoms with Gasteiger partial charge in [-0.15, -0.1) is 0 Å². The largest absolute Gasteiger partial charge is 0.376 e. The van der Waals surface area contributed by atoms with Gasteiger partial charge in [-0.25, -0.2) is 0 Å². The third kappa shape index (κ3) is 4.19. The van der Waals surface area contributed by atoms with E-state index in [-0.39, 0.29) is 11.8 Å². The SMILES string of the molecule is CCC1(C)NC(=O)CCN(CCOC2CCCCC2)C1=O. The van der Waals surface area contributed by atoms with Crippen molar-refractivity contribution in [2.24, 2.45) is 0 Å². The maximum atomic E-state index is 12.6. The molecular weight excluding hydrogens is 268 g/mol. The summed E-state index contributed by atoms with van der Waals surface area (Å²) in [6.45, 7) is 5.40. The zero-order chi connectivity index (χ0) is 15.3. The number of carbonyl (C=O) groups excluding carboxylic acids is 2. The summed E-state index contributed by atoms with van der Waals surface area (Å²) in [5, 5.41) is 2.85. The minimum absolute atomic E-state index is 0.0168. The molecule has 5 heteroatoms. The van der Waals surface area contributed by atoms with Crippen molar-refractivity contribution in [1.82, 2.24) is 10.2 Å². The van der Waals surface area contributed by atoms with E-state index in [1.165, 1.54) is 19.3 Å². The van der Waals surface area contributed by atoms with Crippen LogP contribution in [0.4, 0.5) is 0 Å². The molecule has 0 aromatic heterocycles. The van der Waals surface area contributed by atoms with E-state index in [9.17, 15) is 9.59 Å². The second-order valence-electron chi connectivity index (χ2n) is 6.41. The van der Waals surface area contributed by atoms with Crippen LogP contribution in [0.15, 0.2) is 0 Å². The van der Waals surface area contributed by atoms with E-state index in [4.69, 9.17) is 4.74 Å². The smallest absolute Gasteiger partial charge is 0.248 e. The molecule has 1 unspecified atom stereocenters. The van der Waals surface area contributed by atoms with Gasteiger partial charge >= 0.3 is 0 Å². The summed E-state index contributed by atoms with van der Waals surface area (Å²) in [4.78, 5) is 26.1. The third-order valence-corrected chi connectivity index (χ3v) is 4.76. The molecule has 1 aliphatic heterocycles. The molecule has 2 aliphatic rings. The molecule has 120 valence electrons. The Balaban J connectivity index is 1.85. The second kappa shape index (κ2) is 7.25. The molecule has 1 N–H and O–H groups in total. The Morgan fingerprint density at radius 1 is 1.29 bits per heavy atom. The van der Waals surface area contributed by atoms with Crippen LogP contribution in [-0.2, 0) is 14.3 Å². The fourth-order valence-electron chi connectivity index (χ4n) is 3.13. The van der Waals surface area contributed by atoms with Gasteiger partial charge in [-0.2, -0.15) is 0 Å². The Kier molecular flexibility index (Phi) is 5.62. The van der Waals surface area contributed by atoms with Crippen LogP contribution in [0.25, 0.3) is 0 Å². The molecule has 21 heavy (non-hydrogen) atoms. The Hall–Kier alpha value is -1.10. The number of hydrogen-bond acceptors (Lipinski definition) is 3. The van der Waals surface area contributed by atoms with E-state index in [1.807, 2.05) is 13.8 Å². The highest BCUT2D eigenvalue weighted by atomic mass is 16.5. The Morgan fingerprint density at radius 2 is 2.00 bits per heavy atom.